The van der Waals surface area contributed by atoms with Crippen molar-refractivity contribution in [3.05, 3.63) is 53.3 Å². The molecule has 0 saturated heterocycles. The molecule has 6 nitrogen and oxygen atoms in total. The number of benzene rings is 2. The molecule has 0 radical (unpaired) electrons. The highest BCUT2D eigenvalue weighted by molar-refractivity contribution is 5.76. The molecule has 27 heavy (non-hydrogen) atoms. The molecule has 0 spiro atoms. The molecular formula is C20H24FNO5. The number of carboxylic acid groups (broad SMARTS) is 1. The van der Waals surface area contributed by atoms with Crippen molar-refractivity contribution in [2.75, 3.05) is 34.9 Å². The molecular weight excluding hydrogens is 353 g/mol. The summed E-state index contributed by atoms with van der Waals surface area (Å²) < 4.78 is 29.4. The molecule has 1 atom stereocenters. The number of hydrogen-bond acceptors (Lipinski definition) is 5. The van der Waals surface area contributed by atoms with E-state index in [1.54, 1.807) is 32.2 Å². The van der Waals surface area contributed by atoms with Crippen molar-refractivity contribution in [2.45, 2.75) is 12.5 Å². The van der Waals surface area contributed by atoms with Gasteiger partial charge in [-0.3, -0.25) is 9.69 Å². The predicted octanol–water partition coefficient (Wildman–Crippen LogP) is 3.15. The van der Waals surface area contributed by atoms with Gasteiger partial charge in [-0.15, -0.1) is 0 Å². The highest BCUT2D eigenvalue weighted by Gasteiger charge is 2.28. The molecule has 0 aliphatic rings. The van der Waals surface area contributed by atoms with Crippen LogP contribution in [-0.2, 0) is 11.2 Å². The Balaban J connectivity index is 2.20. The van der Waals surface area contributed by atoms with Crippen molar-refractivity contribution < 1.29 is 28.5 Å². The Morgan fingerprint density at radius 3 is 2.26 bits per heavy atom. The summed E-state index contributed by atoms with van der Waals surface area (Å²) in [6, 6.07) is 8.39. The minimum absolute atomic E-state index is 0.278. The van der Waals surface area contributed by atoms with Gasteiger partial charge in [0.25, 0.3) is 0 Å². The van der Waals surface area contributed by atoms with E-state index in [1.165, 1.54) is 25.3 Å². The Morgan fingerprint density at radius 2 is 1.67 bits per heavy atom. The maximum atomic E-state index is 13.7. The molecule has 0 heterocycles. The maximum absolute atomic E-state index is 13.7. The zero-order valence-electron chi connectivity index (χ0n) is 15.9. The normalized spacial score (nSPS) is 11.9. The summed E-state index contributed by atoms with van der Waals surface area (Å²) in [5, 5.41) is 9.70. The highest BCUT2D eigenvalue weighted by atomic mass is 19.1. The van der Waals surface area contributed by atoms with Gasteiger partial charge in [-0.2, -0.15) is 0 Å². The van der Waals surface area contributed by atoms with E-state index in [0.717, 1.165) is 5.56 Å². The number of likely N-dealkylation sites (N-methyl/N-ethyl adjacent to an activating group) is 1. The molecule has 1 N–H and O–H groups in total. The van der Waals surface area contributed by atoms with Crippen LogP contribution in [0, 0.1) is 5.82 Å². The summed E-state index contributed by atoms with van der Waals surface area (Å²) in [6.45, 7) is 0.437. The van der Waals surface area contributed by atoms with Crippen LogP contribution in [0.4, 0.5) is 4.39 Å². The first-order valence-corrected chi connectivity index (χ1v) is 8.38. The van der Waals surface area contributed by atoms with Gasteiger partial charge in [0, 0.05) is 12.1 Å². The fourth-order valence-electron chi connectivity index (χ4n) is 2.95. The number of hydrogen-bond donors (Lipinski definition) is 1. The van der Waals surface area contributed by atoms with Gasteiger partial charge in [0.1, 0.15) is 17.6 Å². The minimum atomic E-state index is -1.08. The van der Waals surface area contributed by atoms with E-state index in [9.17, 15) is 14.3 Å². The molecule has 0 unspecified atom stereocenters. The predicted molar refractivity (Wildman–Crippen MR) is 99.2 cm³/mol. The smallest absolute Gasteiger partial charge is 0.325 e. The number of rotatable bonds is 9. The van der Waals surface area contributed by atoms with E-state index in [0.29, 0.717) is 30.2 Å². The van der Waals surface area contributed by atoms with Crippen molar-refractivity contribution >= 4 is 5.97 Å². The highest BCUT2D eigenvalue weighted by Crippen LogP contribution is 2.31. The van der Waals surface area contributed by atoms with Crippen LogP contribution in [0.1, 0.15) is 17.2 Å². The number of carbonyl (C=O) groups is 1. The van der Waals surface area contributed by atoms with Gasteiger partial charge in [-0.05, 0) is 49.4 Å². The number of aliphatic carboxylic acids is 1. The lowest BCUT2D eigenvalue weighted by atomic mass is 10.0. The van der Waals surface area contributed by atoms with Gasteiger partial charge in [0.15, 0.2) is 11.5 Å². The van der Waals surface area contributed by atoms with Gasteiger partial charge < -0.3 is 19.3 Å². The number of carboxylic acids is 1. The lowest BCUT2D eigenvalue weighted by Gasteiger charge is -2.26. The maximum Gasteiger partial charge on any atom is 0.325 e. The van der Waals surface area contributed by atoms with Crippen molar-refractivity contribution in [1.29, 1.82) is 0 Å². The largest absolute Gasteiger partial charge is 0.496 e. The molecule has 0 saturated carbocycles. The van der Waals surface area contributed by atoms with Crippen LogP contribution >= 0.6 is 0 Å². The second kappa shape index (κ2) is 9.23. The van der Waals surface area contributed by atoms with Gasteiger partial charge >= 0.3 is 5.97 Å². The molecule has 0 aliphatic heterocycles. The summed E-state index contributed by atoms with van der Waals surface area (Å²) >= 11 is 0. The Bertz CT molecular complexity index is 796. The second-order valence-electron chi connectivity index (χ2n) is 6.05. The monoisotopic (exact) mass is 377 g/mol. The molecule has 2 aromatic carbocycles. The Morgan fingerprint density at radius 1 is 1.04 bits per heavy atom. The molecule has 0 amide bonds. The van der Waals surface area contributed by atoms with E-state index < -0.39 is 17.8 Å². The fourth-order valence-corrected chi connectivity index (χ4v) is 2.95. The van der Waals surface area contributed by atoms with Crippen LogP contribution < -0.4 is 14.2 Å². The van der Waals surface area contributed by atoms with Crippen molar-refractivity contribution in [2.24, 2.45) is 0 Å². The minimum Gasteiger partial charge on any atom is -0.496 e. The molecule has 0 aliphatic carbocycles. The Kier molecular flexibility index (Phi) is 7.01. The third-order valence-corrected chi connectivity index (χ3v) is 4.36. The summed E-state index contributed by atoms with van der Waals surface area (Å²) in [5.41, 5.74) is 1.25. The summed E-state index contributed by atoms with van der Waals surface area (Å²) in [5.74, 6) is -0.0115. The first-order chi connectivity index (χ1) is 12.9. The fraction of sp³-hybridized carbons (Fsp3) is 0.350. The average molecular weight is 377 g/mol. The van der Waals surface area contributed by atoms with Crippen molar-refractivity contribution in [3.63, 3.8) is 0 Å². The average Bonchev–Trinajstić information content (AvgIpc) is 2.66. The Hall–Kier alpha value is -2.80. The van der Waals surface area contributed by atoms with Gasteiger partial charge in [-0.1, -0.05) is 6.07 Å². The summed E-state index contributed by atoms with van der Waals surface area (Å²) in [6.07, 6.45) is 0.582. The molecule has 146 valence electrons. The van der Waals surface area contributed by atoms with E-state index >= 15 is 0 Å². The van der Waals surface area contributed by atoms with Crippen LogP contribution in [-0.4, -0.2) is 50.9 Å². The number of methoxy groups -OCH3 is 3. The SMILES string of the molecule is COc1ccc(CCN(C)[C@@H](C(=O)O)c2cc(F)ccc2OC)cc1OC. The number of nitrogens with zero attached hydrogens (tertiary/aromatic N) is 1. The van der Waals surface area contributed by atoms with Crippen LogP contribution in [0.15, 0.2) is 36.4 Å². The molecule has 7 heteroatoms. The lowest BCUT2D eigenvalue weighted by molar-refractivity contribution is -0.143. The van der Waals surface area contributed by atoms with E-state index in [1.807, 2.05) is 12.1 Å². The van der Waals surface area contributed by atoms with E-state index in [-0.39, 0.29) is 5.56 Å². The number of ether oxygens (including phenoxy) is 3. The van der Waals surface area contributed by atoms with Crippen molar-refractivity contribution in [1.82, 2.24) is 4.90 Å². The van der Waals surface area contributed by atoms with Gasteiger partial charge in [0.2, 0.25) is 0 Å². The zero-order valence-corrected chi connectivity index (χ0v) is 15.9. The van der Waals surface area contributed by atoms with Crippen LogP contribution in [0.25, 0.3) is 0 Å². The Labute approximate surface area is 158 Å². The molecule has 0 aromatic heterocycles. The van der Waals surface area contributed by atoms with Crippen molar-refractivity contribution in [3.8, 4) is 17.2 Å². The van der Waals surface area contributed by atoms with Crippen LogP contribution in [0.2, 0.25) is 0 Å². The first-order valence-electron chi connectivity index (χ1n) is 8.38. The summed E-state index contributed by atoms with van der Waals surface area (Å²) in [4.78, 5) is 13.5. The molecule has 0 fully saturated rings. The lowest BCUT2D eigenvalue weighted by Crippen LogP contribution is -2.32. The first kappa shape index (κ1) is 20.5. The molecule has 2 aromatic rings. The van der Waals surface area contributed by atoms with Crippen LogP contribution in [0.3, 0.4) is 0 Å². The van der Waals surface area contributed by atoms with E-state index in [2.05, 4.69) is 0 Å². The van der Waals surface area contributed by atoms with Crippen LogP contribution in [0.5, 0.6) is 17.2 Å². The molecule has 0 bridgehead atoms. The standard InChI is InChI=1S/C20H24FNO5/c1-22(10-9-13-5-7-17(26-3)18(11-13)27-4)19(20(23)24)15-12-14(21)6-8-16(15)25-2/h5-8,11-12,19H,9-10H2,1-4H3,(H,23,24)/t19-/m1/s1. The third-order valence-electron chi connectivity index (χ3n) is 4.36. The summed E-state index contributed by atoms with van der Waals surface area (Å²) in [7, 11) is 6.24. The van der Waals surface area contributed by atoms with Gasteiger partial charge in [-0.25, -0.2) is 4.39 Å². The van der Waals surface area contributed by atoms with Gasteiger partial charge in [0.05, 0.1) is 21.3 Å². The topological polar surface area (TPSA) is 68.2 Å². The zero-order chi connectivity index (χ0) is 20.0. The molecule has 2 rings (SSSR count). The second-order valence-corrected chi connectivity index (χ2v) is 6.05. The quantitative estimate of drug-likeness (QED) is 0.724. The number of halogens is 1. The third kappa shape index (κ3) is 4.89. The van der Waals surface area contributed by atoms with E-state index in [4.69, 9.17) is 14.2 Å².